The van der Waals surface area contributed by atoms with Crippen molar-refractivity contribution in [3.05, 3.63) is 11.2 Å². The van der Waals surface area contributed by atoms with Gasteiger partial charge in [0.25, 0.3) is 0 Å². The second-order valence-corrected chi connectivity index (χ2v) is 5.12. The Morgan fingerprint density at radius 2 is 2.00 bits per heavy atom. The normalized spacial score (nSPS) is 10.4. The number of carbonyl (C=O) groups excluding carboxylic acids is 1. The largest absolute Gasteiger partial charge is 0.350 e. The molecule has 19 heavy (non-hydrogen) atoms. The van der Waals surface area contributed by atoms with Crippen LogP contribution in [-0.2, 0) is 4.79 Å². The van der Waals surface area contributed by atoms with Crippen molar-refractivity contribution in [2.24, 2.45) is 0 Å². The summed E-state index contributed by atoms with van der Waals surface area (Å²) in [6, 6.07) is 1.66. The van der Waals surface area contributed by atoms with E-state index in [0.717, 1.165) is 0 Å². The first-order chi connectivity index (χ1) is 9.01. The van der Waals surface area contributed by atoms with Gasteiger partial charge in [-0.25, -0.2) is 9.97 Å². The van der Waals surface area contributed by atoms with Gasteiger partial charge in [-0.1, -0.05) is 23.4 Å². The van der Waals surface area contributed by atoms with Crippen molar-refractivity contribution in [3.63, 3.8) is 0 Å². The van der Waals surface area contributed by atoms with Crippen LogP contribution in [0.4, 0.5) is 5.82 Å². The Balaban J connectivity index is 2.80. The zero-order valence-electron chi connectivity index (χ0n) is 11.7. The zero-order valence-corrected chi connectivity index (χ0v) is 13.3. The summed E-state index contributed by atoms with van der Waals surface area (Å²) >= 11 is 7.36. The average Bonchev–Trinajstić information content (AvgIpc) is 2.39. The summed E-state index contributed by atoms with van der Waals surface area (Å²) < 4.78 is 0. The molecule has 0 fully saturated rings. The lowest BCUT2D eigenvalue weighted by molar-refractivity contribution is -0.129. The molecule has 0 spiro atoms. The van der Waals surface area contributed by atoms with Crippen LogP contribution >= 0.6 is 23.4 Å². The predicted octanol–water partition coefficient (Wildman–Crippen LogP) is 2.16. The molecule has 0 aliphatic heterocycles. The fourth-order valence-electron chi connectivity index (χ4n) is 1.63. The van der Waals surface area contributed by atoms with E-state index in [9.17, 15) is 4.79 Å². The van der Waals surface area contributed by atoms with E-state index >= 15 is 0 Å². The Labute approximate surface area is 123 Å². The van der Waals surface area contributed by atoms with Crippen molar-refractivity contribution in [3.8, 4) is 0 Å². The average molecular weight is 303 g/mol. The van der Waals surface area contributed by atoms with Crippen molar-refractivity contribution in [1.82, 2.24) is 14.9 Å². The Morgan fingerprint density at radius 3 is 2.53 bits per heavy atom. The van der Waals surface area contributed by atoms with Gasteiger partial charge in [-0.2, -0.15) is 0 Å². The fraction of sp³-hybridized carbons (Fsp3) is 0.583. The number of aromatic nitrogens is 2. The summed E-state index contributed by atoms with van der Waals surface area (Å²) in [5.74, 6) is 0.734. The van der Waals surface area contributed by atoms with Gasteiger partial charge in [-0.3, -0.25) is 4.79 Å². The van der Waals surface area contributed by atoms with Crippen LogP contribution in [0.1, 0.15) is 13.8 Å². The number of rotatable bonds is 6. The first-order valence-electron chi connectivity index (χ1n) is 6.09. The summed E-state index contributed by atoms with van der Waals surface area (Å²) in [7, 11) is 1.82. The molecular formula is C12H19ClN4OS. The van der Waals surface area contributed by atoms with Crippen molar-refractivity contribution < 1.29 is 4.79 Å². The minimum Gasteiger partial charge on any atom is -0.350 e. The van der Waals surface area contributed by atoms with E-state index < -0.39 is 0 Å². The van der Waals surface area contributed by atoms with Gasteiger partial charge in [-0.05, 0) is 20.1 Å². The quantitative estimate of drug-likeness (QED) is 0.458. The van der Waals surface area contributed by atoms with Gasteiger partial charge in [0.2, 0.25) is 5.91 Å². The summed E-state index contributed by atoms with van der Waals surface area (Å²) in [6.45, 7) is 5.64. The number of thioether (sulfide) groups is 1. The Morgan fingerprint density at radius 1 is 1.37 bits per heavy atom. The van der Waals surface area contributed by atoms with E-state index in [1.807, 2.05) is 27.2 Å². The van der Waals surface area contributed by atoms with Crippen molar-refractivity contribution in [2.45, 2.75) is 19.0 Å². The highest BCUT2D eigenvalue weighted by atomic mass is 35.5. The molecule has 0 unspecified atom stereocenters. The van der Waals surface area contributed by atoms with E-state index in [1.54, 1.807) is 15.9 Å². The number of anilines is 1. The summed E-state index contributed by atoms with van der Waals surface area (Å²) in [5, 5.41) is 0.987. The molecule has 0 aliphatic rings. The Bertz CT molecular complexity index is 440. The molecule has 5 nitrogen and oxygen atoms in total. The molecule has 1 rings (SSSR count). The topological polar surface area (TPSA) is 49.3 Å². The highest BCUT2D eigenvalue weighted by Gasteiger charge is 2.14. The summed E-state index contributed by atoms with van der Waals surface area (Å²) in [4.78, 5) is 24.0. The van der Waals surface area contributed by atoms with Gasteiger partial charge in [0.15, 0.2) is 5.16 Å². The molecule has 0 aromatic carbocycles. The minimum atomic E-state index is 0.0768. The number of halogens is 1. The molecule has 0 bridgehead atoms. The molecule has 1 aromatic rings. The van der Waals surface area contributed by atoms with Gasteiger partial charge in [0.1, 0.15) is 11.0 Å². The lowest BCUT2D eigenvalue weighted by Crippen LogP contribution is -2.39. The number of hydrogen-bond donors (Lipinski definition) is 0. The molecule has 7 heteroatoms. The fourth-order valence-corrected chi connectivity index (χ4v) is 2.23. The third-order valence-corrected chi connectivity index (χ3v) is 3.46. The van der Waals surface area contributed by atoms with Crippen LogP contribution < -0.4 is 4.90 Å². The molecule has 0 saturated heterocycles. The monoisotopic (exact) mass is 302 g/mol. The molecule has 106 valence electrons. The Hall–Kier alpha value is -1.01. The first kappa shape index (κ1) is 16.0. The molecule has 0 atom stereocenters. The van der Waals surface area contributed by atoms with Gasteiger partial charge < -0.3 is 9.80 Å². The van der Waals surface area contributed by atoms with Crippen LogP contribution in [0.25, 0.3) is 0 Å². The smallest absolute Gasteiger partial charge is 0.242 e. The third-order valence-electron chi connectivity index (χ3n) is 2.72. The number of hydrogen-bond acceptors (Lipinski definition) is 5. The standard InChI is InChI=1S/C12H19ClN4OS/c1-5-17(6-2)11(18)8-16(3)10-7-9(13)14-12(15-10)19-4/h7H,5-6,8H2,1-4H3. The van der Waals surface area contributed by atoms with E-state index in [2.05, 4.69) is 9.97 Å². The SMILES string of the molecule is CCN(CC)C(=O)CN(C)c1cc(Cl)nc(SC)n1. The van der Waals surface area contributed by atoms with Crippen LogP contribution in [-0.4, -0.2) is 53.7 Å². The van der Waals surface area contributed by atoms with E-state index in [4.69, 9.17) is 11.6 Å². The van der Waals surface area contributed by atoms with Gasteiger partial charge in [0.05, 0.1) is 6.54 Å². The van der Waals surface area contributed by atoms with Crippen molar-refractivity contribution in [1.29, 1.82) is 0 Å². The predicted molar refractivity (Wildman–Crippen MR) is 80.0 cm³/mol. The second-order valence-electron chi connectivity index (χ2n) is 3.96. The lowest BCUT2D eigenvalue weighted by atomic mass is 10.4. The molecule has 0 saturated carbocycles. The molecule has 0 N–H and O–H groups in total. The number of nitrogens with zero attached hydrogens (tertiary/aromatic N) is 4. The zero-order chi connectivity index (χ0) is 14.4. The molecule has 1 aromatic heterocycles. The lowest BCUT2D eigenvalue weighted by Gasteiger charge is -2.23. The van der Waals surface area contributed by atoms with E-state index in [1.165, 1.54) is 11.8 Å². The van der Waals surface area contributed by atoms with E-state index in [-0.39, 0.29) is 12.5 Å². The van der Waals surface area contributed by atoms with E-state index in [0.29, 0.717) is 29.2 Å². The Kier molecular flexibility index (Phi) is 6.37. The van der Waals surface area contributed by atoms with Gasteiger partial charge in [0, 0.05) is 26.2 Å². The van der Waals surface area contributed by atoms with Gasteiger partial charge >= 0.3 is 0 Å². The summed E-state index contributed by atoms with van der Waals surface area (Å²) in [6.07, 6.45) is 1.89. The maximum Gasteiger partial charge on any atom is 0.242 e. The third kappa shape index (κ3) is 4.54. The maximum absolute atomic E-state index is 12.0. The van der Waals surface area contributed by atoms with Crippen LogP contribution in [0, 0.1) is 0 Å². The van der Waals surface area contributed by atoms with Crippen LogP contribution in [0.5, 0.6) is 0 Å². The van der Waals surface area contributed by atoms with Crippen LogP contribution in [0.3, 0.4) is 0 Å². The molecular weight excluding hydrogens is 284 g/mol. The maximum atomic E-state index is 12.0. The van der Waals surface area contributed by atoms with Crippen molar-refractivity contribution in [2.75, 3.05) is 37.8 Å². The van der Waals surface area contributed by atoms with Crippen molar-refractivity contribution >= 4 is 35.1 Å². The number of likely N-dealkylation sites (N-methyl/N-ethyl adjacent to an activating group) is 2. The van der Waals surface area contributed by atoms with Gasteiger partial charge in [-0.15, -0.1) is 0 Å². The highest BCUT2D eigenvalue weighted by Crippen LogP contribution is 2.19. The molecule has 0 radical (unpaired) electrons. The van der Waals surface area contributed by atoms with Crippen LogP contribution in [0.15, 0.2) is 11.2 Å². The highest BCUT2D eigenvalue weighted by molar-refractivity contribution is 7.98. The molecule has 1 amide bonds. The second kappa shape index (κ2) is 7.55. The van der Waals surface area contributed by atoms with Crippen LogP contribution in [0.2, 0.25) is 5.15 Å². The number of amides is 1. The molecule has 1 heterocycles. The first-order valence-corrected chi connectivity index (χ1v) is 7.69. The number of carbonyl (C=O) groups is 1. The summed E-state index contributed by atoms with van der Waals surface area (Å²) in [5.41, 5.74) is 0. The minimum absolute atomic E-state index is 0.0768. The molecule has 0 aliphatic carbocycles.